The van der Waals surface area contributed by atoms with Gasteiger partial charge in [-0.2, -0.15) is 0 Å². The van der Waals surface area contributed by atoms with Crippen LogP contribution in [0.5, 0.6) is 11.5 Å². The number of hydrogen-bond donors (Lipinski definition) is 2. The van der Waals surface area contributed by atoms with Gasteiger partial charge in [0.15, 0.2) is 11.5 Å². The summed E-state index contributed by atoms with van der Waals surface area (Å²) in [6.45, 7) is 2.38. The average molecular weight is 280 g/mol. The van der Waals surface area contributed by atoms with Crippen LogP contribution in [0.1, 0.15) is 18.4 Å². The van der Waals surface area contributed by atoms with Gasteiger partial charge in [0.25, 0.3) is 0 Å². The molecule has 1 aromatic carbocycles. The number of piperidine rings is 1. The number of phenolic OH excluding ortho intramolecular Hbond substituents is 1. The summed E-state index contributed by atoms with van der Waals surface area (Å²) in [7, 11) is 3.31. The molecule has 112 valence electrons. The van der Waals surface area contributed by atoms with Gasteiger partial charge in [0.1, 0.15) is 0 Å². The fourth-order valence-corrected chi connectivity index (χ4v) is 2.80. The number of ether oxygens (including phenoxy) is 2. The van der Waals surface area contributed by atoms with Crippen LogP contribution in [0.4, 0.5) is 0 Å². The van der Waals surface area contributed by atoms with Crippen LogP contribution in [0.2, 0.25) is 0 Å². The Bertz CT molecular complexity index is 439. The van der Waals surface area contributed by atoms with Crippen molar-refractivity contribution in [1.82, 2.24) is 4.90 Å². The first-order valence-corrected chi connectivity index (χ1v) is 7.00. The van der Waals surface area contributed by atoms with E-state index >= 15 is 0 Å². The van der Waals surface area contributed by atoms with Gasteiger partial charge in [0, 0.05) is 32.8 Å². The molecule has 0 spiro atoms. The maximum absolute atomic E-state index is 9.84. The highest BCUT2D eigenvalue weighted by Gasteiger charge is 2.27. The molecule has 1 aliphatic heterocycles. The van der Waals surface area contributed by atoms with Crippen molar-refractivity contribution < 1.29 is 14.6 Å². The number of nitrogens with zero attached hydrogens (tertiary/aromatic N) is 1. The number of methoxy groups -OCH3 is 2. The highest BCUT2D eigenvalue weighted by Crippen LogP contribution is 2.28. The summed E-state index contributed by atoms with van der Waals surface area (Å²) < 4.78 is 10.5. The minimum atomic E-state index is 0.182. The van der Waals surface area contributed by atoms with Gasteiger partial charge < -0.3 is 20.3 Å². The van der Waals surface area contributed by atoms with Crippen LogP contribution in [-0.2, 0) is 11.3 Å². The highest BCUT2D eigenvalue weighted by atomic mass is 16.5. The summed E-state index contributed by atoms with van der Waals surface area (Å²) in [6, 6.07) is 5.87. The summed E-state index contributed by atoms with van der Waals surface area (Å²) in [6.07, 6.45) is 2.30. The van der Waals surface area contributed by atoms with Crippen molar-refractivity contribution >= 4 is 0 Å². The zero-order chi connectivity index (χ0) is 14.5. The molecule has 2 atom stereocenters. The van der Waals surface area contributed by atoms with E-state index in [1.54, 1.807) is 26.4 Å². The van der Waals surface area contributed by atoms with Crippen LogP contribution in [0.3, 0.4) is 0 Å². The molecule has 2 rings (SSSR count). The first-order valence-electron chi connectivity index (χ1n) is 7.00. The van der Waals surface area contributed by atoms with Gasteiger partial charge in [0.05, 0.1) is 13.2 Å². The third-order valence-corrected chi connectivity index (χ3v) is 4.02. The zero-order valence-electron chi connectivity index (χ0n) is 12.2. The molecule has 5 heteroatoms. The van der Waals surface area contributed by atoms with E-state index in [-0.39, 0.29) is 5.75 Å². The second kappa shape index (κ2) is 6.92. The number of benzene rings is 1. The molecule has 0 aromatic heterocycles. The van der Waals surface area contributed by atoms with Gasteiger partial charge >= 0.3 is 0 Å². The van der Waals surface area contributed by atoms with E-state index < -0.39 is 0 Å². The lowest BCUT2D eigenvalue weighted by atomic mass is 9.98. The molecule has 0 bridgehead atoms. The van der Waals surface area contributed by atoms with Crippen molar-refractivity contribution in [3.63, 3.8) is 0 Å². The molecule has 1 fully saturated rings. The van der Waals surface area contributed by atoms with E-state index in [2.05, 4.69) is 4.90 Å². The minimum Gasteiger partial charge on any atom is -0.504 e. The van der Waals surface area contributed by atoms with Gasteiger partial charge in [-0.1, -0.05) is 6.07 Å². The second-order valence-corrected chi connectivity index (χ2v) is 5.25. The van der Waals surface area contributed by atoms with Crippen molar-refractivity contribution in [2.45, 2.75) is 31.5 Å². The number of phenols is 1. The molecule has 5 nitrogen and oxygen atoms in total. The predicted octanol–water partition coefficient (Wildman–Crippen LogP) is 1.34. The van der Waals surface area contributed by atoms with E-state index in [1.165, 1.54) is 0 Å². The Kier molecular flexibility index (Phi) is 5.23. The first kappa shape index (κ1) is 15.1. The van der Waals surface area contributed by atoms with E-state index in [1.807, 2.05) is 6.07 Å². The van der Waals surface area contributed by atoms with Gasteiger partial charge in [-0.25, -0.2) is 0 Å². The SMILES string of the molecule is COc1ccc(CN2CCC(OC)CC2CN)cc1O. The minimum absolute atomic E-state index is 0.182. The fraction of sp³-hybridized carbons (Fsp3) is 0.600. The van der Waals surface area contributed by atoms with E-state index in [9.17, 15) is 5.11 Å². The number of likely N-dealkylation sites (tertiary alicyclic amines) is 1. The number of nitrogens with two attached hydrogens (primary N) is 1. The van der Waals surface area contributed by atoms with Crippen LogP contribution >= 0.6 is 0 Å². The van der Waals surface area contributed by atoms with Crippen molar-refractivity contribution in [2.75, 3.05) is 27.3 Å². The molecule has 0 amide bonds. The molecule has 1 saturated heterocycles. The average Bonchev–Trinajstić information content (AvgIpc) is 2.48. The van der Waals surface area contributed by atoms with E-state index in [0.717, 1.165) is 31.5 Å². The molecule has 1 aromatic rings. The monoisotopic (exact) mass is 280 g/mol. The second-order valence-electron chi connectivity index (χ2n) is 5.25. The Hall–Kier alpha value is -1.30. The number of hydrogen-bond acceptors (Lipinski definition) is 5. The first-order chi connectivity index (χ1) is 9.67. The maximum Gasteiger partial charge on any atom is 0.160 e. The van der Waals surface area contributed by atoms with Crippen LogP contribution in [0.25, 0.3) is 0 Å². The smallest absolute Gasteiger partial charge is 0.160 e. The summed E-state index contributed by atoms with van der Waals surface area (Å²) in [5, 5.41) is 9.84. The molecule has 0 radical (unpaired) electrons. The van der Waals surface area contributed by atoms with Gasteiger partial charge in [-0.3, -0.25) is 4.90 Å². The zero-order valence-corrected chi connectivity index (χ0v) is 12.2. The van der Waals surface area contributed by atoms with Crippen LogP contribution in [0, 0.1) is 0 Å². The summed E-state index contributed by atoms with van der Waals surface area (Å²) >= 11 is 0. The lowest BCUT2D eigenvalue weighted by Gasteiger charge is -2.38. The fourth-order valence-electron chi connectivity index (χ4n) is 2.80. The summed E-state index contributed by atoms with van der Waals surface area (Å²) in [5.41, 5.74) is 6.94. The standard InChI is InChI=1S/C15H24N2O3/c1-19-13-5-6-17(12(8-13)9-16)10-11-3-4-15(20-2)14(18)7-11/h3-4,7,12-13,18H,5-6,8-10,16H2,1-2H3. The Morgan fingerprint density at radius 1 is 1.40 bits per heavy atom. The highest BCUT2D eigenvalue weighted by molar-refractivity contribution is 5.41. The van der Waals surface area contributed by atoms with Crippen molar-refractivity contribution in [1.29, 1.82) is 0 Å². The quantitative estimate of drug-likeness (QED) is 0.852. The van der Waals surface area contributed by atoms with Crippen LogP contribution < -0.4 is 10.5 Å². The molecule has 0 aliphatic carbocycles. The molecule has 3 N–H and O–H groups in total. The Balaban J connectivity index is 2.03. The molecule has 1 heterocycles. The van der Waals surface area contributed by atoms with E-state index in [0.29, 0.717) is 24.4 Å². The largest absolute Gasteiger partial charge is 0.504 e. The van der Waals surface area contributed by atoms with Crippen molar-refractivity contribution in [2.24, 2.45) is 5.73 Å². The van der Waals surface area contributed by atoms with Gasteiger partial charge in [-0.05, 0) is 30.5 Å². The third-order valence-electron chi connectivity index (χ3n) is 4.02. The Labute approximate surface area is 120 Å². The topological polar surface area (TPSA) is 68.0 Å². The molecule has 2 unspecified atom stereocenters. The van der Waals surface area contributed by atoms with Crippen molar-refractivity contribution in [3.05, 3.63) is 23.8 Å². The number of aromatic hydroxyl groups is 1. The predicted molar refractivity (Wildman–Crippen MR) is 77.9 cm³/mol. The Morgan fingerprint density at radius 3 is 2.80 bits per heavy atom. The third kappa shape index (κ3) is 3.42. The lowest BCUT2D eigenvalue weighted by molar-refractivity contribution is 0.0102. The number of rotatable bonds is 5. The summed E-state index contributed by atoms with van der Waals surface area (Å²) in [4.78, 5) is 2.36. The van der Waals surface area contributed by atoms with E-state index in [4.69, 9.17) is 15.2 Å². The maximum atomic E-state index is 9.84. The summed E-state index contributed by atoms with van der Waals surface area (Å²) in [5.74, 6) is 0.684. The molecule has 1 aliphatic rings. The lowest BCUT2D eigenvalue weighted by Crippen LogP contribution is -2.47. The van der Waals surface area contributed by atoms with Crippen LogP contribution in [0.15, 0.2) is 18.2 Å². The van der Waals surface area contributed by atoms with Crippen LogP contribution in [-0.4, -0.2) is 49.5 Å². The molecular formula is C15H24N2O3. The molecule has 0 saturated carbocycles. The Morgan fingerprint density at radius 2 is 2.20 bits per heavy atom. The van der Waals surface area contributed by atoms with Crippen molar-refractivity contribution in [3.8, 4) is 11.5 Å². The normalized spacial score (nSPS) is 23.8. The van der Waals surface area contributed by atoms with Gasteiger partial charge in [0.2, 0.25) is 0 Å². The van der Waals surface area contributed by atoms with Gasteiger partial charge in [-0.15, -0.1) is 0 Å². The molecular weight excluding hydrogens is 256 g/mol. The molecule has 20 heavy (non-hydrogen) atoms.